The molecule has 0 amide bonds. The van der Waals surface area contributed by atoms with E-state index in [-0.39, 0.29) is 10.8 Å². The van der Waals surface area contributed by atoms with Crippen molar-refractivity contribution in [2.45, 2.75) is 19.8 Å². The van der Waals surface area contributed by atoms with Crippen molar-refractivity contribution in [2.24, 2.45) is 0 Å². The summed E-state index contributed by atoms with van der Waals surface area (Å²) in [7, 11) is 0. The van der Waals surface area contributed by atoms with Gasteiger partial charge in [0.05, 0.1) is 11.3 Å². The SMILES string of the molecule is CCCc1nn(-c2ccccc2F)c(Cl)c1C=O. The quantitative estimate of drug-likeness (QED) is 0.795. The zero-order valence-electron chi connectivity index (χ0n) is 9.86. The van der Waals surface area contributed by atoms with E-state index in [2.05, 4.69) is 5.10 Å². The monoisotopic (exact) mass is 266 g/mol. The minimum Gasteiger partial charge on any atom is -0.298 e. The molecule has 0 bridgehead atoms. The van der Waals surface area contributed by atoms with Gasteiger partial charge in [0.15, 0.2) is 6.29 Å². The maximum absolute atomic E-state index is 13.7. The average Bonchev–Trinajstić information content (AvgIpc) is 2.67. The Morgan fingerprint density at radius 2 is 2.17 bits per heavy atom. The van der Waals surface area contributed by atoms with Crippen LogP contribution in [0.2, 0.25) is 5.15 Å². The van der Waals surface area contributed by atoms with Crippen molar-refractivity contribution in [3.63, 3.8) is 0 Å². The van der Waals surface area contributed by atoms with Crippen molar-refractivity contribution in [1.29, 1.82) is 0 Å². The number of carbonyl (C=O) groups is 1. The molecule has 2 aromatic rings. The van der Waals surface area contributed by atoms with Crippen molar-refractivity contribution >= 4 is 17.9 Å². The number of aryl methyl sites for hydroxylation is 1. The lowest BCUT2D eigenvalue weighted by Gasteiger charge is -2.03. The number of aldehydes is 1. The van der Waals surface area contributed by atoms with Gasteiger partial charge in [-0.15, -0.1) is 0 Å². The van der Waals surface area contributed by atoms with E-state index in [0.717, 1.165) is 6.42 Å². The topological polar surface area (TPSA) is 34.9 Å². The number of halogens is 2. The van der Waals surface area contributed by atoms with Crippen molar-refractivity contribution in [3.8, 4) is 5.69 Å². The number of hydrogen-bond donors (Lipinski definition) is 0. The predicted octanol–water partition coefficient (Wildman–Crippen LogP) is 3.43. The lowest BCUT2D eigenvalue weighted by molar-refractivity contribution is 0.112. The van der Waals surface area contributed by atoms with E-state index in [4.69, 9.17) is 11.6 Å². The van der Waals surface area contributed by atoms with Gasteiger partial charge in [0.1, 0.15) is 16.7 Å². The fourth-order valence-electron chi connectivity index (χ4n) is 1.77. The first kappa shape index (κ1) is 12.8. The molecule has 18 heavy (non-hydrogen) atoms. The van der Waals surface area contributed by atoms with E-state index in [1.165, 1.54) is 10.7 Å². The van der Waals surface area contributed by atoms with Crippen LogP contribution < -0.4 is 0 Å². The summed E-state index contributed by atoms with van der Waals surface area (Å²) in [4.78, 5) is 11.0. The first-order chi connectivity index (χ1) is 8.69. The van der Waals surface area contributed by atoms with Crippen LogP contribution in [0.4, 0.5) is 4.39 Å². The number of carbonyl (C=O) groups excluding carboxylic acids is 1. The Hall–Kier alpha value is -1.68. The highest BCUT2D eigenvalue weighted by molar-refractivity contribution is 6.32. The molecule has 0 atom stereocenters. The summed E-state index contributed by atoms with van der Waals surface area (Å²) in [6.45, 7) is 1.98. The highest BCUT2D eigenvalue weighted by atomic mass is 35.5. The minimum atomic E-state index is -0.428. The Labute approximate surface area is 109 Å². The molecule has 94 valence electrons. The van der Waals surface area contributed by atoms with E-state index in [0.29, 0.717) is 24.0 Å². The van der Waals surface area contributed by atoms with Gasteiger partial charge in [0.2, 0.25) is 0 Å². The van der Waals surface area contributed by atoms with Gasteiger partial charge in [-0.2, -0.15) is 5.10 Å². The van der Waals surface area contributed by atoms with Crippen LogP contribution in [-0.2, 0) is 6.42 Å². The zero-order valence-corrected chi connectivity index (χ0v) is 10.6. The lowest BCUT2D eigenvalue weighted by atomic mass is 10.2. The molecular weight excluding hydrogens is 255 g/mol. The standard InChI is InChI=1S/C13H12ClFN2O/c1-2-5-11-9(8-18)13(14)17(16-11)12-7-4-3-6-10(12)15/h3-4,6-8H,2,5H2,1H3. The van der Waals surface area contributed by atoms with Gasteiger partial charge >= 0.3 is 0 Å². The van der Waals surface area contributed by atoms with Gasteiger partial charge < -0.3 is 0 Å². The van der Waals surface area contributed by atoms with Gasteiger partial charge in [-0.25, -0.2) is 9.07 Å². The molecule has 0 aliphatic carbocycles. The molecule has 0 radical (unpaired) electrons. The van der Waals surface area contributed by atoms with Crippen LogP contribution in [0.15, 0.2) is 24.3 Å². The first-order valence-electron chi connectivity index (χ1n) is 5.66. The molecule has 3 nitrogen and oxygen atoms in total. The third-order valence-electron chi connectivity index (χ3n) is 2.63. The van der Waals surface area contributed by atoms with Gasteiger partial charge in [-0.3, -0.25) is 4.79 Å². The number of nitrogens with zero attached hydrogens (tertiary/aromatic N) is 2. The van der Waals surface area contributed by atoms with Crippen molar-refractivity contribution < 1.29 is 9.18 Å². The molecule has 0 saturated carbocycles. The second-order valence-corrected chi connectivity index (χ2v) is 4.24. The molecule has 5 heteroatoms. The van der Waals surface area contributed by atoms with Crippen LogP contribution in [0.1, 0.15) is 29.4 Å². The summed E-state index contributed by atoms with van der Waals surface area (Å²) in [6, 6.07) is 6.17. The molecule has 0 aliphatic heterocycles. The van der Waals surface area contributed by atoms with E-state index in [9.17, 15) is 9.18 Å². The van der Waals surface area contributed by atoms with Gasteiger partial charge in [-0.05, 0) is 18.6 Å². The lowest BCUT2D eigenvalue weighted by Crippen LogP contribution is -2.00. The smallest absolute Gasteiger partial charge is 0.155 e. The van der Waals surface area contributed by atoms with Crippen LogP contribution in [0.5, 0.6) is 0 Å². The van der Waals surface area contributed by atoms with Crippen LogP contribution in [0.3, 0.4) is 0 Å². The predicted molar refractivity (Wildman–Crippen MR) is 67.9 cm³/mol. The molecule has 1 heterocycles. The van der Waals surface area contributed by atoms with Crippen LogP contribution in [-0.4, -0.2) is 16.1 Å². The van der Waals surface area contributed by atoms with Crippen LogP contribution in [0, 0.1) is 5.82 Å². The number of benzene rings is 1. The Morgan fingerprint density at radius 3 is 2.78 bits per heavy atom. The molecule has 0 N–H and O–H groups in total. The molecule has 0 saturated heterocycles. The third-order valence-corrected chi connectivity index (χ3v) is 2.99. The van der Waals surface area contributed by atoms with Crippen molar-refractivity contribution in [2.75, 3.05) is 0 Å². The minimum absolute atomic E-state index is 0.151. The number of aromatic nitrogens is 2. The summed E-state index contributed by atoms with van der Waals surface area (Å²) < 4.78 is 14.9. The molecule has 1 aromatic carbocycles. The largest absolute Gasteiger partial charge is 0.298 e. The van der Waals surface area contributed by atoms with E-state index in [1.54, 1.807) is 18.2 Å². The number of rotatable bonds is 4. The highest BCUT2D eigenvalue weighted by Gasteiger charge is 2.17. The Bertz CT molecular complexity index is 580. The zero-order chi connectivity index (χ0) is 13.1. The molecular formula is C13H12ClFN2O. The fraction of sp³-hybridized carbons (Fsp3) is 0.231. The van der Waals surface area contributed by atoms with Crippen molar-refractivity contribution in [3.05, 3.63) is 46.5 Å². The summed E-state index contributed by atoms with van der Waals surface area (Å²) in [5.74, 6) is -0.428. The van der Waals surface area contributed by atoms with Gasteiger partial charge in [0, 0.05) is 0 Å². The molecule has 0 unspecified atom stereocenters. The third kappa shape index (κ3) is 2.16. The molecule has 0 aliphatic rings. The molecule has 0 spiro atoms. The second kappa shape index (κ2) is 5.31. The summed E-state index contributed by atoms with van der Waals surface area (Å²) in [6.07, 6.45) is 2.14. The van der Waals surface area contributed by atoms with Crippen LogP contribution >= 0.6 is 11.6 Å². The van der Waals surface area contributed by atoms with Gasteiger partial charge in [0.25, 0.3) is 0 Å². The van der Waals surface area contributed by atoms with E-state index < -0.39 is 5.82 Å². The molecule has 1 aromatic heterocycles. The van der Waals surface area contributed by atoms with Crippen LogP contribution in [0.25, 0.3) is 5.69 Å². The summed E-state index contributed by atoms with van der Waals surface area (Å²) >= 11 is 6.07. The number of para-hydroxylation sites is 1. The second-order valence-electron chi connectivity index (χ2n) is 3.88. The van der Waals surface area contributed by atoms with E-state index >= 15 is 0 Å². The summed E-state index contributed by atoms with van der Waals surface area (Å²) in [5, 5.41) is 4.37. The molecule has 2 rings (SSSR count). The Morgan fingerprint density at radius 1 is 1.44 bits per heavy atom. The van der Waals surface area contributed by atoms with Crippen molar-refractivity contribution in [1.82, 2.24) is 9.78 Å². The normalized spacial score (nSPS) is 10.6. The van der Waals surface area contributed by atoms with Gasteiger partial charge in [-0.1, -0.05) is 37.1 Å². The first-order valence-corrected chi connectivity index (χ1v) is 6.04. The number of hydrogen-bond acceptors (Lipinski definition) is 2. The Kier molecular flexibility index (Phi) is 3.77. The highest BCUT2D eigenvalue weighted by Crippen LogP contribution is 2.24. The molecule has 0 fully saturated rings. The Balaban J connectivity index is 2.59. The fourth-order valence-corrected chi connectivity index (χ4v) is 2.06. The maximum Gasteiger partial charge on any atom is 0.155 e. The average molecular weight is 267 g/mol. The van der Waals surface area contributed by atoms with E-state index in [1.807, 2.05) is 6.92 Å². The summed E-state index contributed by atoms with van der Waals surface area (Å²) in [5.41, 5.74) is 1.18. The maximum atomic E-state index is 13.7.